The van der Waals surface area contributed by atoms with Crippen molar-refractivity contribution in [1.82, 2.24) is 9.88 Å². The Labute approximate surface area is 120 Å². The van der Waals surface area contributed by atoms with E-state index in [1.54, 1.807) is 6.20 Å². The number of rotatable bonds is 5. The fourth-order valence-corrected chi connectivity index (χ4v) is 2.82. The summed E-state index contributed by atoms with van der Waals surface area (Å²) in [4.78, 5) is 18.2. The number of piperidine rings is 1. The van der Waals surface area contributed by atoms with E-state index in [1.807, 2.05) is 30.2 Å². The molecule has 4 nitrogen and oxygen atoms in total. The molecule has 1 aromatic heterocycles. The lowest BCUT2D eigenvalue weighted by molar-refractivity contribution is -0.133. The number of nitrogens with zero attached hydrogens (tertiary/aromatic N) is 2. The lowest BCUT2D eigenvalue weighted by Crippen LogP contribution is -2.41. The third-order valence-electron chi connectivity index (χ3n) is 4.21. The zero-order valence-corrected chi connectivity index (χ0v) is 12.2. The number of hydrogen-bond acceptors (Lipinski definition) is 3. The van der Waals surface area contributed by atoms with Crippen LogP contribution >= 0.6 is 0 Å². The maximum absolute atomic E-state index is 12.2. The SMILES string of the molecule is CCC(O)C1CCN(C(=O)CCc2cccnc2)CC1. The molecule has 2 rings (SSSR count). The summed E-state index contributed by atoms with van der Waals surface area (Å²) in [5, 5.41) is 9.85. The molecule has 110 valence electrons. The molecule has 0 aromatic carbocycles. The number of carbonyl (C=O) groups is 1. The minimum Gasteiger partial charge on any atom is -0.393 e. The zero-order valence-electron chi connectivity index (χ0n) is 12.2. The Bertz CT molecular complexity index is 414. The van der Waals surface area contributed by atoms with Crippen LogP contribution in [0, 0.1) is 5.92 Å². The predicted octanol–water partition coefficient (Wildman–Crippen LogP) is 2.02. The molecule has 1 fully saturated rings. The lowest BCUT2D eigenvalue weighted by Gasteiger charge is -2.34. The number of aromatic nitrogens is 1. The van der Waals surface area contributed by atoms with Crippen LogP contribution in [0.1, 0.15) is 38.2 Å². The maximum Gasteiger partial charge on any atom is 0.222 e. The second-order valence-electron chi connectivity index (χ2n) is 5.56. The first-order chi connectivity index (χ1) is 9.70. The van der Waals surface area contributed by atoms with E-state index in [4.69, 9.17) is 0 Å². The Balaban J connectivity index is 1.75. The summed E-state index contributed by atoms with van der Waals surface area (Å²) in [6, 6.07) is 3.90. The summed E-state index contributed by atoms with van der Waals surface area (Å²) >= 11 is 0. The van der Waals surface area contributed by atoms with Gasteiger partial charge < -0.3 is 10.0 Å². The Morgan fingerprint density at radius 3 is 2.85 bits per heavy atom. The minimum absolute atomic E-state index is 0.206. The molecule has 20 heavy (non-hydrogen) atoms. The van der Waals surface area contributed by atoms with E-state index < -0.39 is 0 Å². The lowest BCUT2D eigenvalue weighted by atomic mass is 9.90. The van der Waals surface area contributed by atoms with Crippen molar-refractivity contribution in [3.05, 3.63) is 30.1 Å². The van der Waals surface area contributed by atoms with Crippen LogP contribution in [0.4, 0.5) is 0 Å². The van der Waals surface area contributed by atoms with Crippen LogP contribution in [0.25, 0.3) is 0 Å². The predicted molar refractivity (Wildman–Crippen MR) is 78.2 cm³/mol. The van der Waals surface area contributed by atoms with Crippen molar-refractivity contribution in [3.8, 4) is 0 Å². The number of amides is 1. The highest BCUT2D eigenvalue weighted by molar-refractivity contribution is 5.76. The van der Waals surface area contributed by atoms with Crippen molar-refractivity contribution in [1.29, 1.82) is 0 Å². The first kappa shape index (κ1) is 15.0. The van der Waals surface area contributed by atoms with E-state index in [-0.39, 0.29) is 12.0 Å². The number of hydrogen-bond donors (Lipinski definition) is 1. The fraction of sp³-hybridized carbons (Fsp3) is 0.625. The number of aryl methyl sites for hydroxylation is 1. The van der Waals surface area contributed by atoms with Gasteiger partial charge in [0, 0.05) is 31.9 Å². The van der Waals surface area contributed by atoms with E-state index in [0.29, 0.717) is 12.3 Å². The molecule has 1 atom stereocenters. The minimum atomic E-state index is -0.206. The Hall–Kier alpha value is -1.42. The van der Waals surface area contributed by atoms with Gasteiger partial charge in [0.05, 0.1) is 6.10 Å². The smallest absolute Gasteiger partial charge is 0.222 e. The van der Waals surface area contributed by atoms with Crippen molar-refractivity contribution in [2.24, 2.45) is 5.92 Å². The largest absolute Gasteiger partial charge is 0.393 e. The van der Waals surface area contributed by atoms with Gasteiger partial charge in [-0.15, -0.1) is 0 Å². The molecule has 1 aromatic rings. The Morgan fingerprint density at radius 1 is 1.50 bits per heavy atom. The summed E-state index contributed by atoms with van der Waals surface area (Å²) in [5.74, 6) is 0.584. The molecular weight excluding hydrogens is 252 g/mol. The Kier molecular flexibility index (Phi) is 5.53. The second-order valence-corrected chi connectivity index (χ2v) is 5.56. The summed E-state index contributed by atoms with van der Waals surface area (Å²) in [6.07, 6.45) is 7.31. The third kappa shape index (κ3) is 4.04. The zero-order chi connectivity index (χ0) is 14.4. The first-order valence-corrected chi connectivity index (χ1v) is 7.55. The highest BCUT2D eigenvalue weighted by Gasteiger charge is 2.26. The number of likely N-dealkylation sites (tertiary alicyclic amines) is 1. The molecule has 1 unspecified atom stereocenters. The van der Waals surface area contributed by atoms with Crippen molar-refractivity contribution in [3.63, 3.8) is 0 Å². The molecule has 1 aliphatic heterocycles. The van der Waals surface area contributed by atoms with Crippen molar-refractivity contribution in [2.75, 3.05) is 13.1 Å². The molecule has 1 N–H and O–H groups in total. The van der Waals surface area contributed by atoms with E-state index in [1.165, 1.54) is 0 Å². The van der Waals surface area contributed by atoms with Crippen LogP contribution in [-0.2, 0) is 11.2 Å². The molecule has 2 heterocycles. The summed E-state index contributed by atoms with van der Waals surface area (Å²) in [5.41, 5.74) is 1.11. The van der Waals surface area contributed by atoms with Gasteiger partial charge in [-0.1, -0.05) is 13.0 Å². The van der Waals surface area contributed by atoms with Crippen LogP contribution in [0.3, 0.4) is 0 Å². The molecule has 4 heteroatoms. The van der Waals surface area contributed by atoms with Gasteiger partial charge >= 0.3 is 0 Å². The molecule has 0 aliphatic carbocycles. The number of aliphatic hydroxyl groups is 1. The molecule has 1 aliphatic rings. The van der Waals surface area contributed by atoms with Gasteiger partial charge in [0.15, 0.2) is 0 Å². The quantitative estimate of drug-likeness (QED) is 0.895. The Morgan fingerprint density at radius 2 is 2.25 bits per heavy atom. The molecular formula is C16H24N2O2. The van der Waals surface area contributed by atoms with Crippen LogP contribution in [0.2, 0.25) is 0 Å². The molecule has 0 bridgehead atoms. The summed E-state index contributed by atoms with van der Waals surface area (Å²) < 4.78 is 0. The van der Waals surface area contributed by atoms with Crippen molar-refractivity contribution < 1.29 is 9.90 Å². The first-order valence-electron chi connectivity index (χ1n) is 7.55. The van der Waals surface area contributed by atoms with Crippen molar-refractivity contribution in [2.45, 2.75) is 45.1 Å². The normalized spacial score (nSPS) is 18.0. The van der Waals surface area contributed by atoms with Gasteiger partial charge in [0.2, 0.25) is 5.91 Å². The van der Waals surface area contributed by atoms with Gasteiger partial charge in [-0.2, -0.15) is 0 Å². The van der Waals surface area contributed by atoms with Gasteiger partial charge in [-0.25, -0.2) is 0 Å². The van der Waals surface area contributed by atoms with E-state index in [2.05, 4.69) is 4.98 Å². The third-order valence-corrected chi connectivity index (χ3v) is 4.21. The molecule has 0 spiro atoms. The van der Waals surface area contributed by atoms with Crippen LogP contribution in [-0.4, -0.2) is 40.1 Å². The highest BCUT2D eigenvalue weighted by Crippen LogP contribution is 2.22. The van der Waals surface area contributed by atoms with E-state index in [0.717, 1.165) is 44.3 Å². The number of carbonyl (C=O) groups excluding carboxylic acids is 1. The maximum atomic E-state index is 12.2. The van der Waals surface area contributed by atoms with Gasteiger partial charge in [0.1, 0.15) is 0 Å². The van der Waals surface area contributed by atoms with Crippen LogP contribution in [0.15, 0.2) is 24.5 Å². The van der Waals surface area contributed by atoms with Gasteiger partial charge in [-0.3, -0.25) is 9.78 Å². The molecule has 1 saturated heterocycles. The number of aliphatic hydroxyl groups excluding tert-OH is 1. The van der Waals surface area contributed by atoms with Gasteiger partial charge in [-0.05, 0) is 43.2 Å². The van der Waals surface area contributed by atoms with Crippen LogP contribution < -0.4 is 0 Å². The van der Waals surface area contributed by atoms with Gasteiger partial charge in [0.25, 0.3) is 0 Å². The standard InChI is InChI=1S/C16H24N2O2/c1-2-15(19)14-7-10-18(11-8-14)16(20)6-5-13-4-3-9-17-12-13/h3-4,9,12,14-15,19H,2,5-8,10-11H2,1H3. The highest BCUT2D eigenvalue weighted by atomic mass is 16.3. The summed E-state index contributed by atoms with van der Waals surface area (Å²) in [6.45, 7) is 3.58. The number of pyridine rings is 1. The average Bonchev–Trinajstić information content (AvgIpc) is 2.53. The van der Waals surface area contributed by atoms with E-state index in [9.17, 15) is 9.90 Å². The monoisotopic (exact) mass is 276 g/mol. The van der Waals surface area contributed by atoms with Crippen molar-refractivity contribution >= 4 is 5.91 Å². The average molecular weight is 276 g/mol. The van der Waals surface area contributed by atoms with Crippen LogP contribution in [0.5, 0.6) is 0 Å². The fourth-order valence-electron chi connectivity index (χ4n) is 2.82. The van der Waals surface area contributed by atoms with E-state index >= 15 is 0 Å². The molecule has 0 saturated carbocycles. The topological polar surface area (TPSA) is 53.4 Å². The molecule has 0 radical (unpaired) electrons. The molecule has 1 amide bonds. The summed E-state index contributed by atoms with van der Waals surface area (Å²) in [7, 11) is 0. The second kappa shape index (κ2) is 7.39.